The molecule has 0 bridgehead atoms. The number of nitrogens with zero attached hydrogens (tertiary/aromatic N) is 1. The van der Waals surface area contributed by atoms with Crippen molar-refractivity contribution in [2.24, 2.45) is 5.92 Å². The fraction of sp³-hybridized carbons (Fsp3) is 0.706. The molecule has 1 aromatic heterocycles. The van der Waals surface area contributed by atoms with Gasteiger partial charge in [-0.2, -0.15) is 11.3 Å². The third-order valence-electron chi connectivity index (χ3n) is 5.05. The van der Waals surface area contributed by atoms with Crippen LogP contribution in [0.2, 0.25) is 0 Å². The number of hydrogen-bond donors (Lipinski definition) is 1. The van der Waals surface area contributed by atoms with Crippen molar-refractivity contribution in [1.29, 1.82) is 0 Å². The molecule has 1 aromatic rings. The molecule has 4 unspecified atom stereocenters. The van der Waals surface area contributed by atoms with E-state index < -0.39 is 0 Å². The van der Waals surface area contributed by atoms with Gasteiger partial charge in [0.25, 0.3) is 0 Å². The lowest BCUT2D eigenvalue weighted by Crippen LogP contribution is -2.45. The molecule has 0 aromatic carbocycles. The second-order valence-corrected chi connectivity index (χ2v) is 7.32. The van der Waals surface area contributed by atoms with Crippen LogP contribution in [0.4, 0.5) is 0 Å². The summed E-state index contributed by atoms with van der Waals surface area (Å²) >= 11 is 1.71. The maximum atomic E-state index is 12.9. The highest BCUT2D eigenvalue weighted by Gasteiger charge is 2.44. The summed E-state index contributed by atoms with van der Waals surface area (Å²) in [6.07, 6.45) is 7.07. The number of thiophene rings is 1. The van der Waals surface area contributed by atoms with Gasteiger partial charge < -0.3 is 4.90 Å². The van der Waals surface area contributed by atoms with Crippen LogP contribution >= 0.6 is 11.3 Å². The molecule has 0 radical (unpaired) electrons. The molecule has 21 heavy (non-hydrogen) atoms. The van der Waals surface area contributed by atoms with Crippen LogP contribution in [-0.4, -0.2) is 22.9 Å². The van der Waals surface area contributed by atoms with E-state index in [1.165, 1.54) is 24.8 Å². The zero-order valence-corrected chi connectivity index (χ0v) is 13.9. The topological polar surface area (TPSA) is 32.3 Å². The Kier molecular flexibility index (Phi) is 4.65. The van der Waals surface area contributed by atoms with Gasteiger partial charge in [-0.3, -0.25) is 10.1 Å². The third kappa shape index (κ3) is 2.88. The average Bonchev–Trinajstić information content (AvgIpc) is 3.10. The summed E-state index contributed by atoms with van der Waals surface area (Å²) in [6.45, 7) is 4.47. The predicted molar refractivity (Wildman–Crippen MR) is 87.2 cm³/mol. The molecular weight excluding hydrogens is 280 g/mol. The first kappa shape index (κ1) is 15.0. The molecular formula is C17H26N2OS. The summed E-state index contributed by atoms with van der Waals surface area (Å²) in [6, 6.07) is 2.57. The summed E-state index contributed by atoms with van der Waals surface area (Å²) in [5, 5.41) is 7.88. The maximum absolute atomic E-state index is 12.9. The Morgan fingerprint density at radius 1 is 1.38 bits per heavy atom. The second-order valence-electron chi connectivity index (χ2n) is 6.54. The Morgan fingerprint density at radius 3 is 2.86 bits per heavy atom. The molecule has 3 rings (SSSR count). The highest BCUT2D eigenvalue weighted by atomic mass is 32.1. The van der Waals surface area contributed by atoms with Crippen molar-refractivity contribution < 1.29 is 4.79 Å². The smallest absolute Gasteiger partial charge is 0.241 e. The lowest BCUT2D eigenvalue weighted by atomic mass is 9.84. The highest BCUT2D eigenvalue weighted by Crippen LogP contribution is 2.37. The molecule has 116 valence electrons. The van der Waals surface area contributed by atoms with Crippen LogP contribution in [0.25, 0.3) is 0 Å². The average molecular weight is 306 g/mol. The zero-order chi connectivity index (χ0) is 14.8. The van der Waals surface area contributed by atoms with Gasteiger partial charge in [0.15, 0.2) is 0 Å². The van der Waals surface area contributed by atoms with Crippen molar-refractivity contribution in [3.63, 3.8) is 0 Å². The monoisotopic (exact) mass is 306 g/mol. The summed E-state index contributed by atoms with van der Waals surface area (Å²) in [4.78, 5) is 15.1. The van der Waals surface area contributed by atoms with E-state index in [1.54, 1.807) is 11.3 Å². The van der Waals surface area contributed by atoms with Crippen LogP contribution in [0.1, 0.15) is 64.1 Å². The Bertz CT molecular complexity index is 473. The highest BCUT2D eigenvalue weighted by molar-refractivity contribution is 7.07. The number of carbonyl (C=O) groups excluding carboxylic acids is 1. The van der Waals surface area contributed by atoms with Gasteiger partial charge >= 0.3 is 0 Å². The molecule has 2 heterocycles. The lowest BCUT2D eigenvalue weighted by molar-refractivity contribution is -0.134. The quantitative estimate of drug-likeness (QED) is 0.914. The van der Waals surface area contributed by atoms with Crippen LogP contribution in [0.3, 0.4) is 0 Å². The van der Waals surface area contributed by atoms with Gasteiger partial charge in [0.1, 0.15) is 6.17 Å². The molecule has 1 aliphatic heterocycles. The van der Waals surface area contributed by atoms with E-state index in [9.17, 15) is 4.79 Å². The Labute approximate surface area is 131 Å². The molecule has 1 saturated carbocycles. The van der Waals surface area contributed by atoms with Crippen molar-refractivity contribution in [1.82, 2.24) is 10.2 Å². The van der Waals surface area contributed by atoms with Crippen LogP contribution in [0.15, 0.2) is 16.8 Å². The minimum Gasteiger partial charge on any atom is -0.318 e. The van der Waals surface area contributed by atoms with Crippen LogP contribution < -0.4 is 5.32 Å². The number of carbonyl (C=O) groups is 1. The summed E-state index contributed by atoms with van der Waals surface area (Å²) in [7, 11) is 0. The standard InChI is InChI=1S/C17H26N2OS/c1-3-6-14-17(20)19(15-8-5-4-7-12(15)2)16(18-14)13-9-10-21-11-13/h9-12,14-16,18H,3-8H2,1-2H3. The Morgan fingerprint density at radius 2 is 2.19 bits per heavy atom. The van der Waals surface area contributed by atoms with E-state index in [1.807, 2.05) is 0 Å². The fourth-order valence-corrected chi connectivity index (χ4v) is 4.58. The van der Waals surface area contributed by atoms with E-state index >= 15 is 0 Å². The molecule has 2 aliphatic rings. The number of hydrogen-bond acceptors (Lipinski definition) is 3. The fourth-order valence-electron chi connectivity index (χ4n) is 3.90. The van der Waals surface area contributed by atoms with Gasteiger partial charge in [-0.25, -0.2) is 0 Å². The summed E-state index contributed by atoms with van der Waals surface area (Å²) < 4.78 is 0. The second kappa shape index (κ2) is 6.49. The van der Waals surface area contributed by atoms with Gasteiger partial charge in [0.2, 0.25) is 5.91 Å². The molecule has 1 saturated heterocycles. The largest absolute Gasteiger partial charge is 0.318 e. The van der Waals surface area contributed by atoms with Gasteiger partial charge in [-0.15, -0.1) is 0 Å². The van der Waals surface area contributed by atoms with Crippen molar-refractivity contribution in [3.8, 4) is 0 Å². The molecule has 2 fully saturated rings. The number of nitrogens with one attached hydrogen (secondary N) is 1. The van der Waals surface area contributed by atoms with Gasteiger partial charge in [-0.05, 0) is 47.6 Å². The molecule has 4 heteroatoms. The van der Waals surface area contributed by atoms with E-state index in [4.69, 9.17) is 0 Å². The summed E-state index contributed by atoms with van der Waals surface area (Å²) in [5.41, 5.74) is 1.25. The first-order valence-electron chi connectivity index (χ1n) is 8.32. The summed E-state index contributed by atoms with van der Waals surface area (Å²) in [5.74, 6) is 0.942. The zero-order valence-electron chi connectivity index (χ0n) is 13.0. The van der Waals surface area contributed by atoms with Crippen molar-refractivity contribution in [2.75, 3.05) is 0 Å². The molecule has 1 aliphatic carbocycles. The van der Waals surface area contributed by atoms with Gasteiger partial charge in [0.05, 0.1) is 6.04 Å². The van der Waals surface area contributed by atoms with Crippen LogP contribution in [0.5, 0.6) is 0 Å². The molecule has 1 N–H and O–H groups in total. The Balaban J connectivity index is 1.87. The first-order valence-corrected chi connectivity index (χ1v) is 9.27. The van der Waals surface area contributed by atoms with E-state index in [-0.39, 0.29) is 12.2 Å². The number of amides is 1. The molecule has 4 atom stereocenters. The van der Waals surface area contributed by atoms with Crippen LogP contribution in [-0.2, 0) is 4.79 Å². The third-order valence-corrected chi connectivity index (χ3v) is 5.75. The minimum atomic E-state index is 0.00836. The molecule has 3 nitrogen and oxygen atoms in total. The normalized spacial score (nSPS) is 33.6. The number of rotatable bonds is 4. The first-order chi connectivity index (χ1) is 10.2. The maximum Gasteiger partial charge on any atom is 0.241 e. The van der Waals surface area contributed by atoms with E-state index in [2.05, 4.69) is 40.9 Å². The van der Waals surface area contributed by atoms with E-state index in [0.717, 1.165) is 19.3 Å². The Hall–Kier alpha value is -0.870. The van der Waals surface area contributed by atoms with Crippen molar-refractivity contribution in [3.05, 3.63) is 22.4 Å². The predicted octanol–water partition coefficient (Wildman–Crippen LogP) is 3.93. The molecule has 1 amide bonds. The van der Waals surface area contributed by atoms with Crippen molar-refractivity contribution >= 4 is 17.2 Å². The van der Waals surface area contributed by atoms with Crippen molar-refractivity contribution in [2.45, 2.75) is 70.6 Å². The van der Waals surface area contributed by atoms with Gasteiger partial charge in [-0.1, -0.05) is 33.1 Å². The SMILES string of the molecule is CCCC1NC(c2ccsc2)N(C2CCCCC2C)C1=O. The van der Waals surface area contributed by atoms with Gasteiger partial charge in [0, 0.05) is 6.04 Å². The van der Waals surface area contributed by atoms with Crippen LogP contribution in [0, 0.1) is 5.92 Å². The lowest BCUT2D eigenvalue weighted by Gasteiger charge is -2.39. The molecule has 0 spiro atoms. The van der Waals surface area contributed by atoms with E-state index in [0.29, 0.717) is 17.9 Å². The minimum absolute atomic E-state index is 0.00836.